The van der Waals surface area contributed by atoms with E-state index in [4.69, 9.17) is 4.74 Å². The minimum Gasteiger partial charge on any atom is -0.497 e. The van der Waals surface area contributed by atoms with Crippen LogP contribution in [0.1, 0.15) is 40.1 Å². The van der Waals surface area contributed by atoms with Crippen LogP contribution >= 0.6 is 22.7 Å². The highest BCUT2D eigenvalue weighted by atomic mass is 32.1. The van der Waals surface area contributed by atoms with E-state index in [1.807, 2.05) is 25.1 Å². The van der Waals surface area contributed by atoms with Crippen LogP contribution in [0.5, 0.6) is 5.75 Å². The van der Waals surface area contributed by atoms with Crippen molar-refractivity contribution in [3.8, 4) is 5.75 Å². The molecule has 2 heterocycles. The van der Waals surface area contributed by atoms with Crippen LogP contribution in [0.15, 0.2) is 18.2 Å². The Labute approximate surface area is 148 Å². The van der Waals surface area contributed by atoms with Crippen LogP contribution in [0.25, 0.3) is 10.2 Å². The number of hydrogen-bond donors (Lipinski definition) is 1. The molecule has 3 aromatic rings. The molecule has 0 aliphatic heterocycles. The van der Waals surface area contributed by atoms with Crippen molar-refractivity contribution >= 4 is 43.9 Å². The van der Waals surface area contributed by atoms with Gasteiger partial charge < -0.3 is 4.74 Å². The second kappa shape index (κ2) is 7.27. The Morgan fingerprint density at radius 1 is 1.29 bits per heavy atom. The number of rotatable bonds is 6. The first-order valence-electron chi connectivity index (χ1n) is 7.83. The van der Waals surface area contributed by atoms with Crippen molar-refractivity contribution in [2.75, 3.05) is 12.4 Å². The van der Waals surface area contributed by atoms with E-state index in [0.717, 1.165) is 45.9 Å². The summed E-state index contributed by atoms with van der Waals surface area (Å²) in [5.41, 5.74) is 1.63. The lowest BCUT2D eigenvalue weighted by Gasteiger charge is -1.98. The minimum atomic E-state index is -0.140. The van der Waals surface area contributed by atoms with Gasteiger partial charge in [-0.2, -0.15) is 0 Å². The zero-order valence-corrected chi connectivity index (χ0v) is 15.5. The maximum Gasteiger partial charge on any atom is 0.269 e. The standard InChI is InChI=1S/C17H19N3O2S2/c1-4-5-6-14-18-10(2)15(24-14)16(21)20-17-19-12-8-7-11(22-3)9-13(12)23-17/h7-9H,4-6H2,1-3H3,(H,19,20,21). The Morgan fingerprint density at radius 2 is 2.12 bits per heavy atom. The van der Waals surface area contributed by atoms with E-state index in [1.165, 1.54) is 22.7 Å². The number of amides is 1. The van der Waals surface area contributed by atoms with Crippen LogP contribution in [-0.4, -0.2) is 23.0 Å². The molecule has 0 bridgehead atoms. The number of hydrogen-bond acceptors (Lipinski definition) is 6. The normalized spacial score (nSPS) is 11.0. The predicted octanol–water partition coefficient (Wildman–Crippen LogP) is 4.66. The van der Waals surface area contributed by atoms with Gasteiger partial charge in [0.2, 0.25) is 0 Å². The third kappa shape index (κ3) is 3.57. The van der Waals surface area contributed by atoms with Gasteiger partial charge in [0.15, 0.2) is 5.13 Å². The largest absolute Gasteiger partial charge is 0.497 e. The van der Waals surface area contributed by atoms with Crippen LogP contribution in [0.3, 0.4) is 0 Å². The van der Waals surface area contributed by atoms with Gasteiger partial charge in [-0.3, -0.25) is 10.1 Å². The van der Waals surface area contributed by atoms with Crippen LogP contribution in [0.2, 0.25) is 0 Å². The first-order chi connectivity index (χ1) is 11.6. The van der Waals surface area contributed by atoms with E-state index in [0.29, 0.717) is 10.0 Å². The van der Waals surface area contributed by atoms with Gasteiger partial charge in [-0.25, -0.2) is 9.97 Å². The number of methoxy groups -OCH3 is 1. The smallest absolute Gasteiger partial charge is 0.269 e. The summed E-state index contributed by atoms with van der Waals surface area (Å²) in [6.45, 7) is 4.03. The zero-order chi connectivity index (χ0) is 17.1. The van der Waals surface area contributed by atoms with Gasteiger partial charge in [-0.05, 0) is 38.0 Å². The highest BCUT2D eigenvalue weighted by molar-refractivity contribution is 7.22. The summed E-state index contributed by atoms with van der Waals surface area (Å²) in [6.07, 6.45) is 3.14. The second-order valence-corrected chi connectivity index (χ2v) is 7.55. The summed E-state index contributed by atoms with van der Waals surface area (Å²) in [5.74, 6) is 0.640. The van der Waals surface area contributed by atoms with Crippen molar-refractivity contribution in [2.45, 2.75) is 33.1 Å². The molecule has 24 heavy (non-hydrogen) atoms. The van der Waals surface area contributed by atoms with Gasteiger partial charge in [0.25, 0.3) is 5.91 Å². The lowest BCUT2D eigenvalue weighted by atomic mass is 10.3. The van der Waals surface area contributed by atoms with Gasteiger partial charge in [0, 0.05) is 0 Å². The van der Waals surface area contributed by atoms with E-state index in [1.54, 1.807) is 7.11 Å². The van der Waals surface area contributed by atoms with E-state index < -0.39 is 0 Å². The summed E-state index contributed by atoms with van der Waals surface area (Å²) in [4.78, 5) is 22.1. The van der Waals surface area contributed by atoms with Gasteiger partial charge >= 0.3 is 0 Å². The third-order valence-electron chi connectivity index (χ3n) is 3.61. The monoisotopic (exact) mass is 361 g/mol. The number of carbonyl (C=O) groups excluding carboxylic acids is 1. The first kappa shape index (κ1) is 16.9. The molecular weight excluding hydrogens is 342 g/mol. The molecule has 1 amide bonds. The fraction of sp³-hybridized carbons (Fsp3) is 0.353. The van der Waals surface area contributed by atoms with Crippen molar-refractivity contribution in [1.82, 2.24) is 9.97 Å². The lowest BCUT2D eigenvalue weighted by molar-refractivity contribution is 0.103. The number of anilines is 1. The highest BCUT2D eigenvalue weighted by Crippen LogP contribution is 2.30. The number of ether oxygens (including phenoxy) is 1. The molecule has 1 aromatic carbocycles. The molecule has 0 unspecified atom stereocenters. The topological polar surface area (TPSA) is 64.1 Å². The maximum absolute atomic E-state index is 12.5. The number of nitrogens with one attached hydrogen (secondary N) is 1. The van der Waals surface area contributed by atoms with Crippen molar-refractivity contribution < 1.29 is 9.53 Å². The van der Waals surface area contributed by atoms with Crippen molar-refractivity contribution in [1.29, 1.82) is 0 Å². The molecule has 0 aliphatic carbocycles. The summed E-state index contributed by atoms with van der Waals surface area (Å²) in [7, 11) is 1.63. The molecule has 0 saturated carbocycles. The predicted molar refractivity (Wildman–Crippen MR) is 99.6 cm³/mol. The number of aromatic nitrogens is 2. The van der Waals surface area contributed by atoms with E-state index in [9.17, 15) is 4.79 Å². The Hall–Kier alpha value is -1.99. The molecule has 0 aliphatic rings. The summed E-state index contributed by atoms with van der Waals surface area (Å²) >= 11 is 2.91. The Kier molecular flexibility index (Phi) is 5.11. The molecule has 0 radical (unpaired) electrons. The number of aryl methyl sites for hydroxylation is 2. The summed E-state index contributed by atoms with van der Waals surface area (Å²) < 4.78 is 6.20. The molecule has 3 rings (SSSR count). The van der Waals surface area contributed by atoms with E-state index in [2.05, 4.69) is 22.2 Å². The molecule has 0 atom stereocenters. The van der Waals surface area contributed by atoms with Gasteiger partial charge in [0.05, 0.1) is 28.0 Å². The second-order valence-electron chi connectivity index (χ2n) is 5.43. The van der Waals surface area contributed by atoms with Gasteiger partial charge in [-0.15, -0.1) is 11.3 Å². The molecule has 126 valence electrons. The molecule has 0 saturated heterocycles. The molecule has 1 N–H and O–H groups in total. The van der Waals surface area contributed by atoms with Crippen LogP contribution < -0.4 is 10.1 Å². The Morgan fingerprint density at radius 3 is 2.88 bits per heavy atom. The molecule has 2 aromatic heterocycles. The molecule has 0 fully saturated rings. The minimum absolute atomic E-state index is 0.140. The van der Waals surface area contributed by atoms with Gasteiger partial charge in [0.1, 0.15) is 10.6 Å². The molecule has 5 nitrogen and oxygen atoms in total. The number of fused-ring (bicyclic) bond motifs is 1. The number of carbonyl (C=O) groups is 1. The molecule has 0 spiro atoms. The fourth-order valence-electron chi connectivity index (χ4n) is 2.34. The average molecular weight is 361 g/mol. The third-order valence-corrected chi connectivity index (χ3v) is 5.76. The number of benzene rings is 1. The van der Waals surface area contributed by atoms with Gasteiger partial charge in [-0.1, -0.05) is 24.7 Å². The Balaban J connectivity index is 1.78. The summed E-state index contributed by atoms with van der Waals surface area (Å²) in [6, 6.07) is 5.67. The average Bonchev–Trinajstić information content (AvgIpc) is 3.14. The SMILES string of the molecule is CCCCc1nc(C)c(C(=O)Nc2nc3ccc(OC)cc3s2)s1. The Bertz CT molecular complexity index is 870. The van der Waals surface area contributed by atoms with Crippen molar-refractivity contribution in [2.24, 2.45) is 0 Å². The van der Waals surface area contributed by atoms with E-state index >= 15 is 0 Å². The highest BCUT2D eigenvalue weighted by Gasteiger charge is 2.17. The number of unbranched alkanes of at least 4 members (excludes halogenated alkanes) is 1. The summed E-state index contributed by atoms with van der Waals surface area (Å²) in [5, 5.41) is 4.50. The van der Waals surface area contributed by atoms with Crippen LogP contribution in [0, 0.1) is 6.92 Å². The van der Waals surface area contributed by atoms with Crippen molar-refractivity contribution in [3.05, 3.63) is 33.8 Å². The number of thiazole rings is 2. The first-order valence-corrected chi connectivity index (χ1v) is 9.46. The quantitative estimate of drug-likeness (QED) is 0.693. The fourth-order valence-corrected chi connectivity index (χ4v) is 4.23. The van der Waals surface area contributed by atoms with E-state index in [-0.39, 0.29) is 5.91 Å². The molecular formula is C17H19N3O2S2. The lowest BCUT2D eigenvalue weighted by Crippen LogP contribution is -2.11. The molecule has 7 heteroatoms. The number of nitrogens with zero attached hydrogens (tertiary/aromatic N) is 2. The van der Waals surface area contributed by atoms with Crippen LogP contribution in [0.4, 0.5) is 5.13 Å². The van der Waals surface area contributed by atoms with Crippen LogP contribution in [-0.2, 0) is 6.42 Å². The maximum atomic E-state index is 12.5. The van der Waals surface area contributed by atoms with Crippen molar-refractivity contribution in [3.63, 3.8) is 0 Å². The zero-order valence-electron chi connectivity index (χ0n) is 13.9.